The highest BCUT2D eigenvalue weighted by atomic mass is 32.1. The summed E-state index contributed by atoms with van der Waals surface area (Å²) in [7, 11) is 2.02. The molecule has 0 bridgehead atoms. The smallest absolute Gasteiger partial charge is 0.129 e. The summed E-state index contributed by atoms with van der Waals surface area (Å²) in [5.74, 6) is 0.884. The van der Waals surface area contributed by atoms with Gasteiger partial charge in [0.1, 0.15) is 10.8 Å². The highest BCUT2D eigenvalue weighted by molar-refractivity contribution is 7.80. The number of thiocarbonyl (C=S) groups is 1. The summed E-state index contributed by atoms with van der Waals surface area (Å²) in [6, 6.07) is 5.72. The first-order valence-electron chi connectivity index (χ1n) is 6.26. The zero-order chi connectivity index (χ0) is 13.0. The van der Waals surface area contributed by atoms with Crippen LogP contribution in [-0.2, 0) is 4.74 Å². The standard InChI is InChI=1S/C13H19N3OS/c1-16(9-10-5-2-3-8-17-10)12-7-4-6-11(15-12)13(14)18/h4,6-7,10H,2-3,5,8-9H2,1H3,(H2,14,18). The quantitative estimate of drug-likeness (QED) is 0.840. The van der Waals surface area contributed by atoms with Gasteiger partial charge in [0.15, 0.2) is 0 Å². The van der Waals surface area contributed by atoms with E-state index in [1.807, 2.05) is 25.2 Å². The Bertz CT molecular complexity index is 418. The van der Waals surface area contributed by atoms with Crippen LogP contribution in [0, 0.1) is 0 Å². The first-order chi connectivity index (χ1) is 8.66. The number of likely N-dealkylation sites (N-methyl/N-ethyl adjacent to an activating group) is 1. The Balaban J connectivity index is 2.01. The number of ether oxygens (including phenoxy) is 1. The van der Waals surface area contributed by atoms with Crippen molar-refractivity contribution < 1.29 is 4.74 Å². The third-order valence-corrected chi connectivity index (χ3v) is 3.34. The van der Waals surface area contributed by atoms with Crippen molar-refractivity contribution in [3.8, 4) is 0 Å². The summed E-state index contributed by atoms with van der Waals surface area (Å²) < 4.78 is 5.73. The van der Waals surface area contributed by atoms with Gasteiger partial charge in [0.2, 0.25) is 0 Å². The van der Waals surface area contributed by atoms with Gasteiger partial charge in [0.25, 0.3) is 0 Å². The molecule has 0 aliphatic carbocycles. The third kappa shape index (κ3) is 3.40. The van der Waals surface area contributed by atoms with Crippen LogP contribution >= 0.6 is 12.2 Å². The van der Waals surface area contributed by atoms with Gasteiger partial charge in [-0.15, -0.1) is 0 Å². The molecule has 0 spiro atoms. The fourth-order valence-corrected chi connectivity index (χ4v) is 2.24. The largest absolute Gasteiger partial charge is 0.388 e. The summed E-state index contributed by atoms with van der Waals surface area (Å²) in [6.07, 6.45) is 3.85. The fourth-order valence-electron chi connectivity index (χ4n) is 2.12. The Labute approximate surface area is 113 Å². The van der Waals surface area contributed by atoms with Gasteiger partial charge in [-0.1, -0.05) is 18.3 Å². The zero-order valence-corrected chi connectivity index (χ0v) is 11.4. The van der Waals surface area contributed by atoms with E-state index in [-0.39, 0.29) is 0 Å². The molecule has 18 heavy (non-hydrogen) atoms. The molecule has 1 aliphatic heterocycles. The first kappa shape index (κ1) is 13.2. The molecule has 1 aromatic rings. The average Bonchev–Trinajstić information content (AvgIpc) is 2.40. The molecule has 2 heterocycles. The molecular formula is C13H19N3OS. The predicted molar refractivity (Wildman–Crippen MR) is 77.0 cm³/mol. The Morgan fingerprint density at radius 2 is 2.39 bits per heavy atom. The van der Waals surface area contributed by atoms with Gasteiger partial charge in [0.05, 0.1) is 11.8 Å². The number of hydrogen-bond donors (Lipinski definition) is 1. The van der Waals surface area contributed by atoms with Crippen LogP contribution in [0.1, 0.15) is 25.0 Å². The van der Waals surface area contributed by atoms with E-state index in [9.17, 15) is 0 Å². The molecule has 4 nitrogen and oxygen atoms in total. The first-order valence-corrected chi connectivity index (χ1v) is 6.67. The number of rotatable bonds is 4. The number of anilines is 1. The van der Waals surface area contributed by atoms with E-state index < -0.39 is 0 Å². The maximum Gasteiger partial charge on any atom is 0.129 e. The molecule has 98 valence electrons. The lowest BCUT2D eigenvalue weighted by Crippen LogP contribution is -2.34. The van der Waals surface area contributed by atoms with Crippen LogP contribution in [-0.4, -0.2) is 36.3 Å². The van der Waals surface area contributed by atoms with Crippen LogP contribution in [0.25, 0.3) is 0 Å². The predicted octanol–water partition coefficient (Wildman–Crippen LogP) is 1.72. The van der Waals surface area contributed by atoms with Gasteiger partial charge in [-0.2, -0.15) is 0 Å². The van der Waals surface area contributed by atoms with Crippen molar-refractivity contribution in [1.82, 2.24) is 4.98 Å². The molecule has 2 N–H and O–H groups in total. The second kappa shape index (κ2) is 6.11. The lowest BCUT2D eigenvalue weighted by Gasteiger charge is -2.28. The van der Waals surface area contributed by atoms with E-state index >= 15 is 0 Å². The SMILES string of the molecule is CN(CC1CCCCO1)c1cccc(C(N)=S)n1. The van der Waals surface area contributed by atoms with Gasteiger partial charge in [-0.3, -0.25) is 0 Å². The molecule has 0 amide bonds. The van der Waals surface area contributed by atoms with Crippen molar-refractivity contribution in [1.29, 1.82) is 0 Å². The van der Waals surface area contributed by atoms with Crippen LogP contribution in [0.2, 0.25) is 0 Å². The summed E-state index contributed by atoms with van der Waals surface area (Å²) >= 11 is 4.94. The van der Waals surface area contributed by atoms with Crippen LogP contribution in [0.3, 0.4) is 0 Å². The van der Waals surface area contributed by atoms with Gasteiger partial charge in [0, 0.05) is 20.2 Å². The number of hydrogen-bond acceptors (Lipinski definition) is 4. The molecule has 1 aliphatic rings. The van der Waals surface area contributed by atoms with Gasteiger partial charge >= 0.3 is 0 Å². The van der Waals surface area contributed by atoms with Crippen molar-refractivity contribution in [2.24, 2.45) is 5.73 Å². The van der Waals surface area contributed by atoms with Gasteiger partial charge < -0.3 is 15.4 Å². The van der Waals surface area contributed by atoms with Crippen LogP contribution < -0.4 is 10.6 Å². The van der Waals surface area contributed by atoms with Crippen molar-refractivity contribution in [2.75, 3.05) is 25.1 Å². The molecule has 1 atom stereocenters. The molecule has 1 fully saturated rings. The van der Waals surface area contributed by atoms with Crippen molar-refractivity contribution in [3.63, 3.8) is 0 Å². The molecule has 1 aromatic heterocycles. The molecular weight excluding hydrogens is 246 g/mol. The summed E-state index contributed by atoms with van der Waals surface area (Å²) in [5, 5.41) is 0. The van der Waals surface area contributed by atoms with E-state index in [4.69, 9.17) is 22.7 Å². The maximum atomic E-state index is 5.73. The number of aromatic nitrogens is 1. The molecule has 2 rings (SSSR count). The summed E-state index contributed by atoms with van der Waals surface area (Å²) in [6.45, 7) is 1.73. The topological polar surface area (TPSA) is 51.4 Å². The number of pyridine rings is 1. The number of nitrogens with two attached hydrogens (primary N) is 1. The number of nitrogens with zero attached hydrogens (tertiary/aromatic N) is 2. The molecule has 0 aromatic carbocycles. The second-order valence-electron chi connectivity index (χ2n) is 4.61. The Morgan fingerprint density at radius 3 is 3.06 bits per heavy atom. The van der Waals surface area contributed by atoms with E-state index in [0.717, 1.165) is 25.4 Å². The van der Waals surface area contributed by atoms with Crippen LogP contribution in [0.4, 0.5) is 5.82 Å². The zero-order valence-electron chi connectivity index (χ0n) is 10.6. The Kier molecular flexibility index (Phi) is 4.49. The maximum absolute atomic E-state index is 5.73. The van der Waals surface area contributed by atoms with E-state index in [0.29, 0.717) is 16.8 Å². The van der Waals surface area contributed by atoms with Crippen LogP contribution in [0.15, 0.2) is 18.2 Å². The molecule has 1 unspecified atom stereocenters. The average molecular weight is 265 g/mol. The molecule has 0 radical (unpaired) electrons. The van der Waals surface area contributed by atoms with Crippen molar-refractivity contribution >= 4 is 23.0 Å². The molecule has 1 saturated heterocycles. The minimum atomic E-state index is 0.305. The highest BCUT2D eigenvalue weighted by Gasteiger charge is 2.16. The van der Waals surface area contributed by atoms with Crippen molar-refractivity contribution in [3.05, 3.63) is 23.9 Å². The minimum Gasteiger partial charge on any atom is -0.388 e. The van der Waals surface area contributed by atoms with E-state index in [2.05, 4.69) is 9.88 Å². The Hall–Kier alpha value is -1.20. The minimum absolute atomic E-state index is 0.305. The monoisotopic (exact) mass is 265 g/mol. The molecule has 0 saturated carbocycles. The summed E-state index contributed by atoms with van der Waals surface area (Å²) in [5.41, 5.74) is 6.26. The van der Waals surface area contributed by atoms with Gasteiger partial charge in [-0.05, 0) is 31.4 Å². The lowest BCUT2D eigenvalue weighted by atomic mass is 10.1. The van der Waals surface area contributed by atoms with Crippen LogP contribution in [0.5, 0.6) is 0 Å². The second-order valence-corrected chi connectivity index (χ2v) is 5.05. The summed E-state index contributed by atoms with van der Waals surface area (Å²) in [4.78, 5) is 6.87. The van der Waals surface area contributed by atoms with Crippen molar-refractivity contribution in [2.45, 2.75) is 25.4 Å². The third-order valence-electron chi connectivity index (χ3n) is 3.13. The Morgan fingerprint density at radius 1 is 1.56 bits per heavy atom. The highest BCUT2D eigenvalue weighted by Crippen LogP contribution is 2.16. The van der Waals surface area contributed by atoms with Gasteiger partial charge in [-0.25, -0.2) is 4.98 Å². The van der Waals surface area contributed by atoms with E-state index in [1.54, 1.807) is 0 Å². The fraction of sp³-hybridized carbons (Fsp3) is 0.538. The van der Waals surface area contributed by atoms with E-state index in [1.165, 1.54) is 12.8 Å². The molecule has 5 heteroatoms. The normalized spacial score (nSPS) is 19.5. The lowest BCUT2D eigenvalue weighted by molar-refractivity contribution is 0.0215.